The van der Waals surface area contributed by atoms with Gasteiger partial charge in [0.2, 0.25) is 0 Å². The van der Waals surface area contributed by atoms with Crippen LogP contribution in [0.25, 0.3) is 22.6 Å². The molecule has 96 valence electrons. The second kappa shape index (κ2) is 4.36. The molecule has 0 aliphatic rings. The van der Waals surface area contributed by atoms with Crippen LogP contribution in [0, 0.1) is 0 Å². The first kappa shape index (κ1) is 12.2. The van der Waals surface area contributed by atoms with Gasteiger partial charge in [0.15, 0.2) is 17.0 Å². The van der Waals surface area contributed by atoms with E-state index in [2.05, 4.69) is 15.0 Å². The van der Waals surface area contributed by atoms with Crippen molar-refractivity contribution in [2.24, 2.45) is 7.05 Å². The van der Waals surface area contributed by atoms with Gasteiger partial charge in [0.05, 0.1) is 15.6 Å². The van der Waals surface area contributed by atoms with Crippen LogP contribution in [0.15, 0.2) is 24.5 Å². The third kappa shape index (κ3) is 1.82. The van der Waals surface area contributed by atoms with Crippen molar-refractivity contribution in [3.05, 3.63) is 34.6 Å². The van der Waals surface area contributed by atoms with Crippen molar-refractivity contribution in [1.82, 2.24) is 19.5 Å². The molecule has 0 unspecified atom stereocenters. The van der Waals surface area contributed by atoms with Crippen LogP contribution in [0.5, 0.6) is 0 Å². The molecule has 1 aromatic carbocycles. The highest BCUT2D eigenvalue weighted by Gasteiger charge is 2.17. The first-order valence-corrected chi connectivity index (χ1v) is 6.22. The van der Waals surface area contributed by atoms with Crippen LogP contribution in [0.3, 0.4) is 0 Å². The lowest BCUT2D eigenvalue weighted by molar-refractivity contribution is 0.939. The zero-order valence-corrected chi connectivity index (χ0v) is 11.4. The lowest BCUT2D eigenvalue weighted by Gasteiger charge is -2.06. The van der Waals surface area contributed by atoms with Crippen molar-refractivity contribution in [2.75, 3.05) is 5.73 Å². The molecule has 0 saturated carbocycles. The molecule has 0 aliphatic heterocycles. The van der Waals surface area contributed by atoms with Crippen molar-refractivity contribution < 1.29 is 0 Å². The standard InChI is InChI=1S/C12H9Cl2N5/c1-19-11(8-6(13)3-2-4-7(8)14)18-9-10(15)16-5-17-12(9)19/h2-5H,1H3,(H2,15,16,17). The van der Waals surface area contributed by atoms with Crippen LogP contribution in [0.4, 0.5) is 5.82 Å². The molecule has 0 fully saturated rings. The Morgan fingerprint density at radius 3 is 2.47 bits per heavy atom. The molecule has 2 heterocycles. The molecule has 0 amide bonds. The minimum absolute atomic E-state index is 0.329. The van der Waals surface area contributed by atoms with E-state index in [-0.39, 0.29) is 0 Å². The minimum Gasteiger partial charge on any atom is -0.382 e. The van der Waals surface area contributed by atoms with Crippen LogP contribution in [0.1, 0.15) is 0 Å². The Kier molecular flexibility index (Phi) is 2.80. The van der Waals surface area contributed by atoms with Crippen molar-refractivity contribution in [1.29, 1.82) is 0 Å². The predicted octanol–water partition coefficient (Wildman–Crippen LogP) is 2.92. The molecule has 0 radical (unpaired) electrons. The van der Waals surface area contributed by atoms with E-state index in [1.54, 1.807) is 22.8 Å². The molecule has 0 spiro atoms. The van der Waals surface area contributed by atoms with Gasteiger partial charge in [-0.05, 0) is 12.1 Å². The van der Waals surface area contributed by atoms with Gasteiger partial charge in [-0.2, -0.15) is 0 Å². The lowest BCUT2D eigenvalue weighted by Crippen LogP contribution is -1.96. The van der Waals surface area contributed by atoms with E-state index in [1.807, 2.05) is 7.05 Å². The van der Waals surface area contributed by atoms with Crippen LogP contribution in [0.2, 0.25) is 10.0 Å². The quantitative estimate of drug-likeness (QED) is 0.749. The molecule has 0 bridgehead atoms. The number of aryl methyl sites for hydroxylation is 1. The normalized spacial score (nSPS) is 11.1. The number of fused-ring (bicyclic) bond motifs is 1. The zero-order chi connectivity index (χ0) is 13.6. The van der Waals surface area contributed by atoms with E-state index in [0.29, 0.717) is 38.4 Å². The van der Waals surface area contributed by atoms with Gasteiger partial charge in [0.1, 0.15) is 12.2 Å². The number of imidazole rings is 1. The molecule has 7 heteroatoms. The largest absolute Gasteiger partial charge is 0.382 e. The summed E-state index contributed by atoms with van der Waals surface area (Å²) >= 11 is 12.4. The number of nitrogens with zero attached hydrogens (tertiary/aromatic N) is 4. The average Bonchev–Trinajstić information content (AvgIpc) is 2.69. The number of nitrogens with two attached hydrogens (primary N) is 1. The van der Waals surface area contributed by atoms with Crippen LogP contribution in [-0.2, 0) is 7.05 Å². The molecule has 19 heavy (non-hydrogen) atoms. The van der Waals surface area contributed by atoms with Gasteiger partial charge in [0.25, 0.3) is 0 Å². The summed E-state index contributed by atoms with van der Waals surface area (Å²) in [5.74, 6) is 0.938. The molecule has 2 aromatic heterocycles. The topological polar surface area (TPSA) is 69.6 Å². The van der Waals surface area contributed by atoms with Crippen LogP contribution >= 0.6 is 23.2 Å². The highest BCUT2D eigenvalue weighted by molar-refractivity contribution is 6.39. The summed E-state index contributed by atoms with van der Waals surface area (Å²) in [4.78, 5) is 12.5. The highest BCUT2D eigenvalue weighted by Crippen LogP contribution is 2.35. The SMILES string of the molecule is Cn1c(-c2c(Cl)cccc2Cl)nc2c(N)ncnc21. The van der Waals surface area contributed by atoms with Gasteiger partial charge >= 0.3 is 0 Å². The Bertz CT molecular complexity index is 761. The van der Waals surface area contributed by atoms with E-state index < -0.39 is 0 Å². The summed E-state index contributed by atoms with van der Waals surface area (Å²) in [7, 11) is 1.83. The maximum Gasteiger partial charge on any atom is 0.165 e. The minimum atomic E-state index is 0.329. The van der Waals surface area contributed by atoms with Crippen molar-refractivity contribution in [3.63, 3.8) is 0 Å². The molecule has 3 aromatic rings. The Morgan fingerprint density at radius 1 is 1.16 bits per heavy atom. The summed E-state index contributed by atoms with van der Waals surface area (Å²) in [6, 6.07) is 5.30. The number of halogens is 2. The predicted molar refractivity (Wildman–Crippen MR) is 76.2 cm³/mol. The summed E-state index contributed by atoms with van der Waals surface area (Å²) in [6.07, 6.45) is 1.40. The maximum absolute atomic E-state index is 6.20. The van der Waals surface area contributed by atoms with E-state index in [0.717, 1.165) is 0 Å². The second-order valence-electron chi connectivity index (χ2n) is 4.02. The van der Waals surface area contributed by atoms with Gasteiger partial charge in [-0.3, -0.25) is 0 Å². The first-order chi connectivity index (χ1) is 9.09. The Morgan fingerprint density at radius 2 is 1.84 bits per heavy atom. The lowest BCUT2D eigenvalue weighted by atomic mass is 10.2. The summed E-state index contributed by atoms with van der Waals surface area (Å²) in [6.45, 7) is 0. The number of rotatable bonds is 1. The zero-order valence-electron chi connectivity index (χ0n) is 9.93. The fourth-order valence-corrected chi connectivity index (χ4v) is 2.52. The van der Waals surface area contributed by atoms with Gasteiger partial charge in [-0.15, -0.1) is 0 Å². The first-order valence-electron chi connectivity index (χ1n) is 5.47. The summed E-state index contributed by atoms with van der Waals surface area (Å²) < 4.78 is 1.79. The molecule has 0 saturated heterocycles. The number of nitrogen functional groups attached to an aromatic ring is 1. The van der Waals surface area contributed by atoms with Crippen LogP contribution < -0.4 is 5.73 Å². The molecular weight excluding hydrogens is 285 g/mol. The highest BCUT2D eigenvalue weighted by atomic mass is 35.5. The van der Waals surface area contributed by atoms with Gasteiger partial charge < -0.3 is 10.3 Å². The molecular formula is C12H9Cl2N5. The fraction of sp³-hybridized carbons (Fsp3) is 0.0833. The van der Waals surface area contributed by atoms with E-state index in [1.165, 1.54) is 6.33 Å². The third-order valence-corrected chi connectivity index (χ3v) is 3.50. The fourth-order valence-electron chi connectivity index (χ4n) is 1.95. The van der Waals surface area contributed by atoms with Gasteiger partial charge in [-0.25, -0.2) is 15.0 Å². The van der Waals surface area contributed by atoms with Gasteiger partial charge in [-0.1, -0.05) is 29.3 Å². The molecule has 0 atom stereocenters. The smallest absolute Gasteiger partial charge is 0.165 e. The second-order valence-corrected chi connectivity index (χ2v) is 4.84. The van der Waals surface area contributed by atoms with Crippen LogP contribution in [-0.4, -0.2) is 19.5 Å². The average molecular weight is 294 g/mol. The molecule has 5 nitrogen and oxygen atoms in total. The molecule has 3 rings (SSSR count). The number of aromatic nitrogens is 4. The number of hydrogen-bond acceptors (Lipinski definition) is 4. The van der Waals surface area contributed by atoms with Gasteiger partial charge in [0, 0.05) is 7.05 Å². The molecule has 0 aliphatic carbocycles. The number of hydrogen-bond donors (Lipinski definition) is 1. The van der Waals surface area contributed by atoms with E-state index in [9.17, 15) is 0 Å². The maximum atomic E-state index is 6.20. The number of benzene rings is 1. The van der Waals surface area contributed by atoms with Crippen molar-refractivity contribution >= 4 is 40.2 Å². The summed E-state index contributed by atoms with van der Waals surface area (Å²) in [5, 5.41) is 1.05. The molecule has 2 N–H and O–H groups in total. The van der Waals surface area contributed by atoms with E-state index >= 15 is 0 Å². The number of anilines is 1. The van der Waals surface area contributed by atoms with E-state index in [4.69, 9.17) is 28.9 Å². The Hall–Kier alpha value is -1.85. The monoisotopic (exact) mass is 293 g/mol. The summed E-state index contributed by atoms with van der Waals surface area (Å²) in [5.41, 5.74) is 7.63. The third-order valence-electron chi connectivity index (χ3n) is 2.87. The van der Waals surface area contributed by atoms with Crippen molar-refractivity contribution in [3.8, 4) is 11.4 Å². The van der Waals surface area contributed by atoms with Crippen molar-refractivity contribution in [2.45, 2.75) is 0 Å². The Labute approximate surface area is 119 Å². The Balaban J connectivity index is 2.38.